The lowest BCUT2D eigenvalue weighted by Crippen LogP contribution is -2.16. The molecule has 0 aromatic heterocycles. The van der Waals surface area contributed by atoms with Gasteiger partial charge in [0.25, 0.3) is 0 Å². The maximum absolute atomic E-state index is 11.4. The van der Waals surface area contributed by atoms with Gasteiger partial charge in [-0.25, -0.2) is 8.42 Å². The second-order valence-electron chi connectivity index (χ2n) is 4.31. The zero-order valence-electron chi connectivity index (χ0n) is 10.2. The monoisotopic (exact) mass is 249 g/mol. The van der Waals surface area contributed by atoms with Crippen LogP contribution >= 0.6 is 0 Å². The molecule has 0 aliphatic rings. The molecule has 96 valence electrons. The summed E-state index contributed by atoms with van der Waals surface area (Å²) < 4.78 is 22.7. The van der Waals surface area contributed by atoms with E-state index in [0.29, 0.717) is 12.8 Å². The number of hydrogen-bond donors (Lipinski definition) is 1. The van der Waals surface area contributed by atoms with Gasteiger partial charge in [-0.2, -0.15) is 0 Å². The molecule has 5 heteroatoms. The molecule has 1 atom stereocenters. The van der Waals surface area contributed by atoms with E-state index in [1.54, 1.807) is 0 Å². The van der Waals surface area contributed by atoms with Crippen molar-refractivity contribution in [3.8, 4) is 0 Å². The fourth-order valence-electron chi connectivity index (χ4n) is 1.43. The summed E-state index contributed by atoms with van der Waals surface area (Å²) >= 11 is 0. The van der Waals surface area contributed by atoms with Crippen molar-refractivity contribution < 1.29 is 13.2 Å². The summed E-state index contributed by atoms with van der Waals surface area (Å²) in [5, 5.41) is 0. The molecule has 0 aliphatic carbocycles. The molecule has 0 aromatic carbocycles. The Labute approximate surface area is 98.5 Å². The van der Waals surface area contributed by atoms with Crippen LogP contribution in [-0.4, -0.2) is 31.7 Å². The largest absolute Gasteiger partial charge is 0.328 e. The first-order valence-corrected chi connectivity index (χ1v) is 7.67. The second-order valence-corrected chi connectivity index (χ2v) is 6.61. The van der Waals surface area contributed by atoms with Crippen molar-refractivity contribution in [1.29, 1.82) is 0 Å². The molecule has 2 N–H and O–H groups in total. The predicted molar refractivity (Wildman–Crippen MR) is 66.1 cm³/mol. The number of Topliss-reactive ketones (excluding diaryl/α,β-unsaturated/α-hetero) is 1. The second kappa shape index (κ2) is 7.79. The van der Waals surface area contributed by atoms with Crippen LogP contribution < -0.4 is 5.73 Å². The van der Waals surface area contributed by atoms with Gasteiger partial charge in [0.2, 0.25) is 0 Å². The maximum atomic E-state index is 11.4. The van der Waals surface area contributed by atoms with Gasteiger partial charge in [-0.15, -0.1) is 0 Å². The number of carbonyl (C=O) groups is 1. The number of rotatable bonds is 9. The fraction of sp³-hybridized carbons (Fsp3) is 0.909. The average molecular weight is 249 g/mol. The molecule has 0 aliphatic heterocycles. The number of carbonyl (C=O) groups excluding carboxylic acids is 1. The van der Waals surface area contributed by atoms with E-state index in [1.807, 2.05) is 13.8 Å². The molecule has 0 heterocycles. The first kappa shape index (κ1) is 15.6. The smallest absolute Gasteiger partial charge is 0.150 e. The molecule has 0 rings (SSSR count). The van der Waals surface area contributed by atoms with Crippen LogP contribution in [0.5, 0.6) is 0 Å². The molecule has 0 bridgehead atoms. The van der Waals surface area contributed by atoms with E-state index in [-0.39, 0.29) is 29.8 Å². The van der Waals surface area contributed by atoms with Crippen molar-refractivity contribution in [3.05, 3.63) is 0 Å². The number of nitrogens with two attached hydrogens (primary N) is 1. The van der Waals surface area contributed by atoms with Crippen LogP contribution in [0, 0.1) is 0 Å². The van der Waals surface area contributed by atoms with Crippen LogP contribution in [0.15, 0.2) is 0 Å². The minimum Gasteiger partial charge on any atom is -0.328 e. The van der Waals surface area contributed by atoms with E-state index in [2.05, 4.69) is 0 Å². The van der Waals surface area contributed by atoms with Crippen molar-refractivity contribution >= 4 is 15.6 Å². The Morgan fingerprint density at radius 3 is 2.38 bits per heavy atom. The van der Waals surface area contributed by atoms with Gasteiger partial charge in [0, 0.05) is 24.6 Å². The Kier molecular flexibility index (Phi) is 7.58. The molecular weight excluding hydrogens is 226 g/mol. The summed E-state index contributed by atoms with van der Waals surface area (Å²) in [6.45, 7) is 3.72. The summed E-state index contributed by atoms with van der Waals surface area (Å²) in [5.41, 5.74) is 5.55. The van der Waals surface area contributed by atoms with Crippen LogP contribution in [-0.2, 0) is 14.6 Å². The first-order chi connectivity index (χ1) is 7.37. The van der Waals surface area contributed by atoms with Crippen molar-refractivity contribution in [2.45, 2.75) is 52.0 Å². The normalized spacial score (nSPS) is 13.7. The van der Waals surface area contributed by atoms with Gasteiger partial charge in [0.05, 0.1) is 5.75 Å². The van der Waals surface area contributed by atoms with Crippen molar-refractivity contribution in [3.63, 3.8) is 0 Å². The third kappa shape index (κ3) is 8.85. The number of ketones is 1. The van der Waals surface area contributed by atoms with Crippen LogP contribution in [0.1, 0.15) is 46.0 Å². The highest BCUT2D eigenvalue weighted by atomic mass is 32.2. The molecular formula is C11H23NO3S. The van der Waals surface area contributed by atoms with E-state index in [9.17, 15) is 13.2 Å². The molecule has 0 saturated heterocycles. The Morgan fingerprint density at radius 2 is 1.88 bits per heavy atom. The number of hydrogen-bond acceptors (Lipinski definition) is 4. The van der Waals surface area contributed by atoms with Crippen LogP contribution in [0.2, 0.25) is 0 Å². The van der Waals surface area contributed by atoms with Crippen molar-refractivity contribution in [2.75, 3.05) is 11.5 Å². The summed E-state index contributed by atoms with van der Waals surface area (Å²) in [6.07, 6.45) is 2.78. The third-order valence-electron chi connectivity index (χ3n) is 2.32. The first-order valence-electron chi connectivity index (χ1n) is 5.85. The van der Waals surface area contributed by atoms with Crippen molar-refractivity contribution in [2.24, 2.45) is 5.73 Å². The van der Waals surface area contributed by atoms with E-state index in [4.69, 9.17) is 5.73 Å². The van der Waals surface area contributed by atoms with E-state index in [0.717, 1.165) is 12.8 Å². The highest BCUT2D eigenvalue weighted by Gasteiger charge is 2.12. The summed E-state index contributed by atoms with van der Waals surface area (Å²) in [7, 11) is -3.01. The van der Waals surface area contributed by atoms with Gasteiger partial charge >= 0.3 is 0 Å². The van der Waals surface area contributed by atoms with Gasteiger partial charge in [0.1, 0.15) is 5.78 Å². The lowest BCUT2D eigenvalue weighted by atomic mass is 10.1. The average Bonchev–Trinajstić information content (AvgIpc) is 2.14. The van der Waals surface area contributed by atoms with Gasteiger partial charge in [-0.05, 0) is 26.2 Å². The molecule has 16 heavy (non-hydrogen) atoms. The van der Waals surface area contributed by atoms with Crippen LogP contribution in [0.4, 0.5) is 0 Å². The zero-order chi connectivity index (χ0) is 12.6. The third-order valence-corrected chi connectivity index (χ3v) is 4.18. The summed E-state index contributed by atoms with van der Waals surface area (Å²) in [5.74, 6) is 0.207. The molecule has 0 saturated carbocycles. The molecule has 0 radical (unpaired) electrons. The topological polar surface area (TPSA) is 77.2 Å². The minimum atomic E-state index is -3.01. The highest BCUT2D eigenvalue weighted by molar-refractivity contribution is 7.91. The van der Waals surface area contributed by atoms with Gasteiger partial charge in [0.15, 0.2) is 9.84 Å². The lowest BCUT2D eigenvalue weighted by Gasteiger charge is -2.04. The van der Waals surface area contributed by atoms with Gasteiger partial charge in [-0.1, -0.05) is 6.92 Å². The highest BCUT2D eigenvalue weighted by Crippen LogP contribution is 2.04. The predicted octanol–water partition coefficient (Wildman–Crippen LogP) is 1.29. The lowest BCUT2D eigenvalue weighted by molar-refractivity contribution is -0.118. The molecule has 0 aromatic rings. The van der Waals surface area contributed by atoms with E-state index >= 15 is 0 Å². The number of sulfone groups is 1. The minimum absolute atomic E-state index is 0.00213. The Bertz CT molecular complexity index is 296. The van der Waals surface area contributed by atoms with Gasteiger partial charge in [-0.3, -0.25) is 4.79 Å². The molecule has 0 spiro atoms. The van der Waals surface area contributed by atoms with E-state index in [1.165, 1.54) is 0 Å². The Hall–Kier alpha value is -0.420. The summed E-state index contributed by atoms with van der Waals surface area (Å²) in [6, 6.07) is 0.108. The maximum Gasteiger partial charge on any atom is 0.150 e. The fourth-order valence-corrected chi connectivity index (χ4v) is 2.79. The summed E-state index contributed by atoms with van der Waals surface area (Å²) in [4.78, 5) is 11.4. The SMILES string of the molecule is CCCS(=O)(=O)CCC(=O)CCCC(C)N. The molecule has 0 amide bonds. The van der Waals surface area contributed by atoms with Gasteiger partial charge < -0.3 is 5.73 Å². The molecule has 0 fully saturated rings. The zero-order valence-corrected chi connectivity index (χ0v) is 11.1. The molecule has 1 unspecified atom stereocenters. The quantitative estimate of drug-likeness (QED) is 0.668. The molecule has 4 nitrogen and oxygen atoms in total. The van der Waals surface area contributed by atoms with Crippen LogP contribution in [0.3, 0.4) is 0 Å². The van der Waals surface area contributed by atoms with Crippen molar-refractivity contribution in [1.82, 2.24) is 0 Å². The Balaban J connectivity index is 3.73. The Morgan fingerprint density at radius 1 is 1.25 bits per heavy atom. The standard InChI is InChI=1S/C11H23NO3S/c1-3-8-16(14,15)9-7-11(13)6-4-5-10(2)12/h10H,3-9,12H2,1-2H3. The van der Waals surface area contributed by atoms with Crippen LogP contribution in [0.25, 0.3) is 0 Å². The van der Waals surface area contributed by atoms with E-state index < -0.39 is 9.84 Å².